The Hall–Kier alpha value is -0.920. The first-order valence-electron chi connectivity index (χ1n) is 4.47. The fraction of sp³-hybridized carbons (Fsp3) is 0.455. The molecule has 0 spiro atoms. The minimum Gasteiger partial charge on any atom is -0.207 e. The molecule has 0 aliphatic heterocycles. The fourth-order valence-corrected chi connectivity index (χ4v) is 1.23. The normalized spacial score (nSPS) is 13.4. The summed E-state index contributed by atoms with van der Waals surface area (Å²) < 4.78 is 25.8. The van der Waals surface area contributed by atoms with Crippen molar-refractivity contribution in [2.24, 2.45) is 5.92 Å². The molecular formula is C11H14F2. The SMILES string of the molecule is CC(C)[C@H](C)c1ccc(F)cc1F. The first-order valence-corrected chi connectivity index (χ1v) is 4.47. The molecule has 0 aromatic heterocycles. The highest BCUT2D eigenvalue weighted by molar-refractivity contribution is 5.22. The predicted octanol–water partition coefficient (Wildman–Crippen LogP) is 3.72. The van der Waals surface area contributed by atoms with Gasteiger partial charge in [0.1, 0.15) is 11.6 Å². The molecule has 0 fully saturated rings. The lowest BCUT2D eigenvalue weighted by Crippen LogP contribution is -2.04. The van der Waals surface area contributed by atoms with Crippen LogP contribution >= 0.6 is 0 Å². The second-order valence-corrected chi connectivity index (χ2v) is 3.70. The van der Waals surface area contributed by atoms with Crippen LogP contribution in [0.5, 0.6) is 0 Å². The smallest absolute Gasteiger partial charge is 0.129 e. The van der Waals surface area contributed by atoms with E-state index in [1.165, 1.54) is 12.1 Å². The van der Waals surface area contributed by atoms with Crippen LogP contribution in [-0.2, 0) is 0 Å². The average molecular weight is 184 g/mol. The molecule has 0 N–H and O–H groups in total. The maximum Gasteiger partial charge on any atom is 0.129 e. The number of hydrogen-bond acceptors (Lipinski definition) is 0. The van der Waals surface area contributed by atoms with Gasteiger partial charge in [-0.1, -0.05) is 26.8 Å². The largest absolute Gasteiger partial charge is 0.207 e. The van der Waals surface area contributed by atoms with Gasteiger partial charge in [-0.15, -0.1) is 0 Å². The van der Waals surface area contributed by atoms with E-state index in [0.717, 1.165) is 6.07 Å². The summed E-state index contributed by atoms with van der Waals surface area (Å²) in [6, 6.07) is 3.76. The van der Waals surface area contributed by atoms with Crippen molar-refractivity contribution >= 4 is 0 Å². The van der Waals surface area contributed by atoms with Crippen molar-refractivity contribution in [1.82, 2.24) is 0 Å². The molecule has 0 unspecified atom stereocenters. The number of rotatable bonds is 2. The molecule has 0 saturated carbocycles. The van der Waals surface area contributed by atoms with Gasteiger partial charge in [-0.3, -0.25) is 0 Å². The summed E-state index contributed by atoms with van der Waals surface area (Å²) in [7, 11) is 0. The molecule has 0 aliphatic carbocycles. The Labute approximate surface area is 77.6 Å². The monoisotopic (exact) mass is 184 g/mol. The molecule has 0 amide bonds. The quantitative estimate of drug-likeness (QED) is 0.657. The summed E-state index contributed by atoms with van der Waals surface area (Å²) in [6.45, 7) is 5.99. The van der Waals surface area contributed by atoms with Crippen molar-refractivity contribution in [2.45, 2.75) is 26.7 Å². The van der Waals surface area contributed by atoms with Crippen LogP contribution in [-0.4, -0.2) is 0 Å². The molecule has 0 bridgehead atoms. The van der Waals surface area contributed by atoms with E-state index in [9.17, 15) is 8.78 Å². The second-order valence-electron chi connectivity index (χ2n) is 3.70. The molecule has 0 radical (unpaired) electrons. The molecule has 1 atom stereocenters. The molecule has 2 heteroatoms. The minimum atomic E-state index is -0.516. The van der Waals surface area contributed by atoms with Gasteiger partial charge in [-0.05, 0) is 23.5 Å². The molecule has 1 rings (SSSR count). The Morgan fingerprint density at radius 3 is 2.15 bits per heavy atom. The highest BCUT2D eigenvalue weighted by Crippen LogP contribution is 2.26. The fourth-order valence-electron chi connectivity index (χ4n) is 1.23. The summed E-state index contributed by atoms with van der Waals surface area (Å²) in [4.78, 5) is 0. The average Bonchev–Trinajstić information content (AvgIpc) is 2.03. The van der Waals surface area contributed by atoms with E-state index in [1.807, 2.05) is 20.8 Å². The van der Waals surface area contributed by atoms with E-state index >= 15 is 0 Å². The highest BCUT2D eigenvalue weighted by atomic mass is 19.1. The van der Waals surface area contributed by atoms with Crippen molar-refractivity contribution < 1.29 is 8.78 Å². The van der Waals surface area contributed by atoms with Crippen LogP contribution in [0.1, 0.15) is 32.3 Å². The zero-order valence-corrected chi connectivity index (χ0v) is 8.14. The van der Waals surface area contributed by atoms with Crippen molar-refractivity contribution in [1.29, 1.82) is 0 Å². The second kappa shape index (κ2) is 3.86. The molecule has 0 nitrogen and oxygen atoms in total. The van der Waals surface area contributed by atoms with Crippen LogP contribution in [0, 0.1) is 17.6 Å². The molecule has 0 aliphatic rings. The van der Waals surface area contributed by atoms with Gasteiger partial charge in [-0.2, -0.15) is 0 Å². The lowest BCUT2D eigenvalue weighted by Gasteiger charge is -2.16. The van der Waals surface area contributed by atoms with Crippen LogP contribution in [0.15, 0.2) is 18.2 Å². The van der Waals surface area contributed by atoms with Crippen molar-refractivity contribution in [3.8, 4) is 0 Å². The number of halogens is 2. The first-order chi connectivity index (χ1) is 6.02. The van der Waals surface area contributed by atoms with E-state index in [4.69, 9.17) is 0 Å². The summed E-state index contributed by atoms with van der Waals surface area (Å²) in [6.07, 6.45) is 0. The van der Waals surface area contributed by atoms with Gasteiger partial charge in [0.05, 0.1) is 0 Å². The van der Waals surface area contributed by atoms with Gasteiger partial charge in [0.2, 0.25) is 0 Å². The zero-order chi connectivity index (χ0) is 10.0. The Morgan fingerprint density at radius 1 is 1.08 bits per heavy atom. The van der Waals surface area contributed by atoms with E-state index in [2.05, 4.69) is 0 Å². The topological polar surface area (TPSA) is 0 Å². The van der Waals surface area contributed by atoms with Crippen molar-refractivity contribution in [3.63, 3.8) is 0 Å². The summed E-state index contributed by atoms with van der Waals surface area (Å²) in [5, 5.41) is 0. The third kappa shape index (κ3) is 2.27. The minimum absolute atomic E-state index is 0.126. The summed E-state index contributed by atoms with van der Waals surface area (Å²) in [5.41, 5.74) is 0.594. The standard InChI is InChI=1S/C11H14F2/c1-7(2)8(3)10-5-4-9(12)6-11(10)13/h4-8H,1-3H3/t8-/m0/s1. The van der Waals surface area contributed by atoms with Gasteiger partial charge in [-0.25, -0.2) is 8.78 Å². The van der Waals surface area contributed by atoms with Crippen molar-refractivity contribution in [3.05, 3.63) is 35.4 Å². The van der Waals surface area contributed by atoms with Crippen LogP contribution in [0.25, 0.3) is 0 Å². The third-order valence-corrected chi connectivity index (χ3v) is 2.45. The molecule has 72 valence electrons. The number of hydrogen-bond donors (Lipinski definition) is 0. The van der Waals surface area contributed by atoms with E-state index in [1.54, 1.807) is 0 Å². The maximum atomic E-state index is 13.2. The van der Waals surface area contributed by atoms with Gasteiger partial charge in [0.15, 0.2) is 0 Å². The molecule has 13 heavy (non-hydrogen) atoms. The third-order valence-electron chi connectivity index (χ3n) is 2.45. The zero-order valence-electron chi connectivity index (χ0n) is 8.14. The van der Waals surface area contributed by atoms with E-state index in [-0.39, 0.29) is 5.92 Å². The van der Waals surface area contributed by atoms with E-state index < -0.39 is 11.6 Å². The Kier molecular flexibility index (Phi) is 3.02. The Bertz CT molecular complexity index is 292. The lowest BCUT2D eigenvalue weighted by molar-refractivity contribution is 0.495. The van der Waals surface area contributed by atoms with Gasteiger partial charge in [0, 0.05) is 6.07 Å². The highest BCUT2D eigenvalue weighted by Gasteiger charge is 2.14. The predicted molar refractivity (Wildman–Crippen MR) is 49.6 cm³/mol. The van der Waals surface area contributed by atoms with Crippen molar-refractivity contribution in [2.75, 3.05) is 0 Å². The summed E-state index contributed by atoms with van der Waals surface area (Å²) in [5.74, 6) is -0.473. The Morgan fingerprint density at radius 2 is 1.69 bits per heavy atom. The summed E-state index contributed by atoms with van der Waals surface area (Å²) >= 11 is 0. The molecule has 0 saturated heterocycles. The number of benzene rings is 1. The lowest BCUT2D eigenvalue weighted by atomic mass is 9.90. The van der Waals surface area contributed by atoms with E-state index in [0.29, 0.717) is 11.5 Å². The molecular weight excluding hydrogens is 170 g/mol. The molecule has 1 aromatic rings. The van der Waals surface area contributed by atoms with Crippen LogP contribution in [0.4, 0.5) is 8.78 Å². The van der Waals surface area contributed by atoms with Gasteiger partial charge < -0.3 is 0 Å². The van der Waals surface area contributed by atoms with Crippen LogP contribution in [0.3, 0.4) is 0 Å². The Balaban J connectivity index is 3.01. The van der Waals surface area contributed by atoms with Gasteiger partial charge >= 0.3 is 0 Å². The maximum absolute atomic E-state index is 13.2. The first kappa shape index (κ1) is 10.2. The molecule has 1 aromatic carbocycles. The molecule has 0 heterocycles. The van der Waals surface area contributed by atoms with Crippen LogP contribution in [0.2, 0.25) is 0 Å². The van der Waals surface area contributed by atoms with Crippen LogP contribution < -0.4 is 0 Å². The van der Waals surface area contributed by atoms with Gasteiger partial charge in [0.25, 0.3) is 0 Å².